The molecule has 0 atom stereocenters. The molecule has 18 heavy (non-hydrogen) atoms. The molecule has 3 N–H and O–H groups in total. The first-order chi connectivity index (χ1) is 8.56. The summed E-state index contributed by atoms with van der Waals surface area (Å²) in [5, 5.41) is 2.72. The molecule has 0 aliphatic rings. The Balaban J connectivity index is 2.16. The van der Waals surface area contributed by atoms with Gasteiger partial charge in [-0.2, -0.15) is 0 Å². The van der Waals surface area contributed by atoms with Crippen LogP contribution in [0.5, 0.6) is 0 Å². The van der Waals surface area contributed by atoms with Crippen molar-refractivity contribution in [1.82, 2.24) is 0 Å². The van der Waals surface area contributed by atoms with Crippen molar-refractivity contribution in [2.24, 2.45) is 0 Å². The molecule has 0 unspecified atom stereocenters. The van der Waals surface area contributed by atoms with Crippen molar-refractivity contribution < 1.29 is 9.18 Å². The van der Waals surface area contributed by atoms with Crippen LogP contribution in [0.15, 0.2) is 42.5 Å². The van der Waals surface area contributed by atoms with Crippen LogP contribution in [0, 0.1) is 12.7 Å². The lowest BCUT2D eigenvalue weighted by atomic mass is 10.1. The van der Waals surface area contributed by atoms with Gasteiger partial charge in [0.15, 0.2) is 0 Å². The maximum absolute atomic E-state index is 13.1. The van der Waals surface area contributed by atoms with Gasteiger partial charge in [-0.3, -0.25) is 4.79 Å². The summed E-state index contributed by atoms with van der Waals surface area (Å²) in [6.07, 6.45) is 0. The van der Waals surface area contributed by atoms with Crippen molar-refractivity contribution >= 4 is 17.3 Å². The van der Waals surface area contributed by atoms with Crippen LogP contribution in [-0.4, -0.2) is 5.91 Å². The standard InChI is InChI=1S/C14H13FN2O/c1-9-8-10(2-7-13(9)15)14(18)17-12-5-3-11(16)4-6-12/h2-8H,16H2,1H3,(H,17,18). The minimum atomic E-state index is -0.320. The molecule has 0 aromatic heterocycles. The maximum atomic E-state index is 13.1. The van der Waals surface area contributed by atoms with E-state index in [1.54, 1.807) is 31.2 Å². The number of carbonyl (C=O) groups is 1. The summed E-state index contributed by atoms with van der Waals surface area (Å²) in [5.74, 6) is -0.595. The van der Waals surface area contributed by atoms with E-state index < -0.39 is 0 Å². The van der Waals surface area contributed by atoms with Crippen molar-refractivity contribution in [3.8, 4) is 0 Å². The largest absolute Gasteiger partial charge is 0.399 e. The molecule has 0 saturated heterocycles. The second-order valence-electron chi connectivity index (χ2n) is 4.04. The van der Waals surface area contributed by atoms with Crippen molar-refractivity contribution in [3.63, 3.8) is 0 Å². The lowest BCUT2D eigenvalue weighted by molar-refractivity contribution is 0.102. The molecule has 2 rings (SSSR count). The van der Waals surface area contributed by atoms with Gasteiger partial charge in [-0.25, -0.2) is 4.39 Å². The maximum Gasteiger partial charge on any atom is 0.255 e. The zero-order valence-corrected chi connectivity index (χ0v) is 9.91. The Hall–Kier alpha value is -2.36. The molecule has 0 aliphatic heterocycles. The highest BCUT2D eigenvalue weighted by molar-refractivity contribution is 6.04. The van der Waals surface area contributed by atoms with Crippen LogP contribution in [0.4, 0.5) is 15.8 Å². The van der Waals surface area contributed by atoms with Gasteiger partial charge in [-0.05, 0) is 55.0 Å². The fraction of sp³-hybridized carbons (Fsp3) is 0.0714. The number of nitrogens with two attached hydrogens (primary N) is 1. The topological polar surface area (TPSA) is 55.1 Å². The van der Waals surface area contributed by atoms with E-state index in [1.165, 1.54) is 18.2 Å². The molecule has 2 aromatic carbocycles. The van der Waals surface area contributed by atoms with E-state index in [0.29, 0.717) is 22.5 Å². The third kappa shape index (κ3) is 2.66. The first-order valence-electron chi connectivity index (χ1n) is 5.49. The molecule has 0 spiro atoms. The summed E-state index contributed by atoms with van der Waals surface area (Å²) in [6.45, 7) is 1.62. The number of rotatable bonds is 2. The fourth-order valence-electron chi connectivity index (χ4n) is 1.56. The number of nitrogens with one attached hydrogen (secondary N) is 1. The van der Waals surface area contributed by atoms with Crippen LogP contribution in [0.25, 0.3) is 0 Å². The first-order valence-corrected chi connectivity index (χ1v) is 5.49. The third-order valence-corrected chi connectivity index (χ3v) is 2.59. The molecule has 92 valence electrons. The molecule has 0 fully saturated rings. The average molecular weight is 244 g/mol. The van der Waals surface area contributed by atoms with E-state index in [-0.39, 0.29) is 11.7 Å². The normalized spacial score (nSPS) is 10.1. The van der Waals surface area contributed by atoms with Crippen molar-refractivity contribution in [2.45, 2.75) is 6.92 Å². The minimum absolute atomic E-state index is 0.275. The van der Waals surface area contributed by atoms with Crippen LogP contribution in [-0.2, 0) is 0 Å². The molecule has 0 heterocycles. The Morgan fingerprint density at radius 1 is 1.17 bits per heavy atom. The summed E-state index contributed by atoms with van der Waals surface area (Å²) >= 11 is 0. The lowest BCUT2D eigenvalue weighted by Gasteiger charge is -2.06. The Morgan fingerprint density at radius 3 is 2.44 bits per heavy atom. The highest BCUT2D eigenvalue weighted by atomic mass is 19.1. The first kappa shape index (κ1) is 12.1. The SMILES string of the molecule is Cc1cc(C(=O)Nc2ccc(N)cc2)ccc1F. The number of halogens is 1. The number of carbonyl (C=O) groups excluding carboxylic acids is 1. The molecule has 1 amide bonds. The molecule has 3 nitrogen and oxygen atoms in total. The predicted molar refractivity (Wildman–Crippen MR) is 69.9 cm³/mol. The van der Waals surface area contributed by atoms with Gasteiger partial charge in [-0.1, -0.05) is 0 Å². The van der Waals surface area contributed by atoms with Crippen LogP contribution < -0.4 is 11.1 Å². The number of amides is 1. The molecule has 4 heteroatoms. The molecule has 0 aliphatic carbocycles. The summed E-state index contributed by atoms with van der Waals surface area (Å²) in [6, 6.07) is 11.1. The number of hydrogen-bond acceptors (Lipinski definition) is 2. The Kier molecular flexibility index (Phi) is 3.28. The van der Waals surface area contributed by atoms with Crippen molar-refractivity contribution in [1.29, 1.82) is 0 Å². The number of hydrogen-bond donors (Lipinski definition) is 2. The van der Waals surface area contributed by atoms with E-state index in [9.17, 15) is 9.18 Å². The van der Waals surface area contributed by atoms with E-state index in [2.05, 4.69) is 5.32 Å². The van der Waals surface area contributed by atoms with E-state index in [4.69, 9.17) is 5.73 Å². The van der Waals surface area contributed by atoms with Crippen molar-refractivity contribution in [3.05, 3.63) is 59.4 Å². The van der Waals surface area contributed by atoms with Crippen molar-refractivity contribution in [2.75, 3.05) is 11.1 Å². The molecular formula is C14H13FN2O. The Bertz CT molecular complexity index is 579. The average Bonchev–Trinajstić information content (AvgIpc) is 2.35. The zero-order chi connectivity index (χ0) is 13.1. The Morgan fingerprint density at radius 2 is 1.83 bits per heavy atom. The van der Waals surface area contributed by atoms with Gasteiger partial charge in [0.25, 0.3) is 5.91 Å². The number of benzene rings is 2. The lowest BCUT2D eigenvalue weighted by Crippen LogP contribution is -2.12. The van der Waals surface area contributed by atoms with Gasteiger partial charge in [0.1, 0.15) is 5.82 Å². The molecule has 2 aromatic rings. The highest BCUT2D eigenvalue weighted by Crippen LogP contribution is 2.14. The number of aryl methyl sites for hydroxylation is 1. The van der Waals surface area contributed by atoms with Gasteiger partial charge >= 0.3 is 0 Å². The molecular weight excluding hydrogens is 231 g/mol. The zero-order valence-electron chi connectivity index (χ0n) is 9.91. The van der Waals surface area contributed by atoms with E-state index in [1.807, 2.05) is 0 Å². The summed E-state index contributed by atoms with van der Waals surface area (Å²) in [5.41, 5.74) is 7.70. The molecule has 0 radical (unpaired) electrons. The van der Waals surface area contributed by atoms with Gasteiger partial charge in [0, 0.05) is 16.9 Å². The monoisotopic (exact) mass is 244 g/mol. The Labute approximate surface area is 104 Å². The third-order valence-electron chi connectivity index (χ3n) is 2.59. The number of nitrogen functional groups attached to an aromatic ring is 1. The summed E-state index contributed by atoms with van der Waals surface area (Å²) in [4.78, 5) is 11.9. The second-order valence-corrected chi connectivity index (χ2v) is 4.04. The summed E-state index contributed by atoms with van der Waals surface area (Å²) < 4.78 is 13.1. The van der Waals surface area contributed by atoms with Crippen LogP contribution in [0.1, 0.15) is 15.9 Å². The second kappa shape index (κ2) is 4.87. The highest BCUT2D eigenvalue weighted by Gasteiger charge is 2.07. The van der Waals surface area contributed by atoms with Gasteiger partial charge < -0.3 is 11.1 Å². The van der Waals surface area contributed by atoms with Gasteiger partial charge in [0.2, 0.25) is 0 Å². The number of anilines is 2. The van der Waals surface area contributed by atoms with E-state index >= 15 is 0 Å². The van der Waals surface area contributed by atoms with Crippen LogP contribution >= 0.6 is 0 Å². The quantitative estimate of drug-likeness (QED) is 0.798. The van der Waals surface area contributed by atoms with Gasteiger partial charge in [-0.15, -0.1) is 0 Å². The van der Waals surface area contributed by atoms with Crippen LogP contribution in [0.3, 0.4) is 0 Å². The van der Waals surface area contributed by atoms with Gasteiger partial charge in [0.05, 0.1) is 0 Å². The van der Waals surface area contributed by atoms with E-state index in [0.717, 1.165) is 0 Å². The van der Waals surface area contributed by atoms with Crippen LogP contribution in [0.2, 0.25) is 0 Å². The smallest absolute Gasteiger partial charge is 0.255 e. The fourth-order valence-corrected chi connectivity index (χ4v) is 1.56. The molecule has 0 bridgehead atoms. The summed E-state index contributed by atoms with van der Waals surface area (Å²) in [7, 11) is 0. The molecule has 0 saturated carbocycles. The minimum Gasteiger partial charge on any atom is -0.399 e. The predicted octanol–water partition coefficient (Wildman–Crippen LogP) is 2.97.